The van der Waals surface area contributed by atoms with E-state index in [-0.39, 0.29) is 22.8 Å². The maximum atomic E-state index is 13.1. The average Bonchev–Trinajstić information content (AvgIpc) is 3.09. The molecule has 1 aliphatic rings. The minimum atomic E-state index is -0.813. The summed E-state index contributed by atoms with van der Waals surface area (Å²) in [6.07, 6.45) is 2.61. The summed E-state index contributed by atoms with van der Waals surface area (Å²) in [5.74, 6) is -0.835. The zero-order valence-corrected chi connectivity index (χ0v) is 20.8. The van der Waals surface area contributed by atoms with Crippen LogP contribution in [-0.4, -0.2) is 72.6 Å². The highest BCUT2D eigenvalue weighted by Crippen LogP contribution is 2.41. The molecule has 35 heavy (non-hydrogen) atoms. The van der Waals surface area contributed by atoms with Gasteiger partial charge in [0.05, 0.1) is 25.3 Å². The van der Waals surface area contributed by atoms with Crippen molar-refractivity contribution in [2.75, 3.05) is 40.9 Å². The van der Waals surface area contributed by atoms with Gasteiger partial charge in [-0.15, -0.1) is 0 Å². The van der Waals surface area contributed by atoms with Crippen LogP contribution in [0.5, 0.6) is 17.2 Å². The molecule has 3 rings (SSSR count). The van der Waals surface area contributed by atoms with Crippen LogP contribution in [0.15, 0.2) is 48.0 Å². The summed E-state index contributed by atoms with van der Waals surface area (Å²) in [7, 11) is 5.30. The Balaban J connectivity index is 2.03. The number of ether oxygens (including phenoxy) is 2. The number of unbranched alkanes of at least 4 members (excludes halogenated alkanes) is 1. The van der Waals surface area contributed by atoms with Gasteiger partial charge in [0, 0.05) is 12.1 Å². The van der Waals surface area contributed by atoms with E-state index < -0.39 is 17.7 Å². The Bertz CT molecular complexity index is 1080. The second kappa shape index (κ2) is 11.8. The van der Waals surface area contributed by atoms with Crippen LogP contribution in [0, 0.1) is 0 Å². The molecule has 188 valence electrons. The lowest BCUT2D eigenvalue weighted by Crippen LogP contribution is -2.32. The summed E-state index contributed by atoms with van der Waals surface area (Å²) in [5, 5.41) is 21.3. The van der Waals surface area contributed by atoms with Crippen LogP contribution in [0.3, 0.4) is 0 Å². The lowest BCUT2D eigenvalue weighted by atomic mass is 9.95. The van der Waals surface area contributed by atoms with Gasteiger partial charge in [0.25, 0.3) is 11.7 Å². The van der Waals surface area contributed by atoms with Crippen LogP contribution in [0.1, 0.15) is 43.4 Å². The fourth-order valence-electron chi connectivity index (χ4n) is 4.08. The molecule has 2 aromatic rings. The molecular weight excluding hydrogens is 448 g/mol. The minimum Gasteiger partial charge on any atom is -0.507 e. The van der Waals surface area contributed by atoms with Gasteiger partial charge >= 0.3 is 0 Å². The predicted octanol–water partition coefficient (Wildman–Crippen LogP) is 3.95. The van der Waals surface area contributed by atoms with Crippen molar-refractivity contribution in [3.05, 3.63) is 59.2 Å². The van der Waals surface area contributed by atoms with Crippen molar-refractivity contribution in [3.8, 4) is 17.2 Å². The summed E-state index contributed by atoms with van der Waals surface area (Å²) in [6.45, 7) is 3.74. The molecule has 1 unspecified atom stereocenters. The van der Waals surface area contributed by atoms with Gasteiger partial charge in [-0.05, 0) is 75.4 Å². The number of likely N-dealkylation sites (tertiary alicyclic amines) is 1. The molecule has 1 aliphatic heterocycles. The Hall–Kier alpha value is -3.52. The Kier molecular flexibility index (Phi) is 8.76. The van der Waals surface area contributed by atoms with Gasteiger partial charge in [-0.1, -0.05) is 19.4 Å². The minimum absolute atomic E-state index is 0.00671. The molecule has 0 saturated carbocycles. The summed E-state index contributed by atoms with van der Waals surface area (Å²) in [6, 6.07) is 10.7. The smallest absolute Gasteiger partial charge is 0.295 e. The quantitative estimate of drug-likeness (QED) is 0.216. The summed E-state index contributed by atoms with van der Waals surface area (Å²) in [4.78, 5) is 29.7. The van der Waals surface area contributed by atoms with Crippen LogP contribution in [0.2, 0.25) is 0 Å². The summed E-state index contributed by atoms with van der Waals surface area (Å²) < 4.78 is 10.9. The van der Waals surface area contributed by atoms with E-state index in [0.29, 0.717) is 36.4 Å². The number of aromatic hydroxyl groups is 1. The molecule has 8 heteroatoms. The zero-order valence-electron chi connectivity index (χ0n) is 20.8. The number of benzene rings is 2. The van der Waals surface area contributed by atoms with Crippen molar-refractivity contribution in [1.82, 2.24) is 9.80 Å². The van der Waals surface area contributed by atoms with Crippen LogP contribution in [0.25, 0.3) is 5.76 Å². The first-order valence-corrected chi connectivity index (χ1v) is 11.8. The third-order valence-electron chi connectivity index (χ3n) is 5.96. The van der Waals surface area contributed by atoms with Gasteiger partial charge < -0.3 is 29.5 Å². The van der Waals surface area contributed by atoms with Crippen molar-refractivity contribution in [3.63, 3.8) is 0 Å². The second-order valence-corrected chi connectivity index (χ2v) is 8.81. The standard InChI is InChI=1S/C27H34N2O6/c1-5-6-16-35-20-11-8-18(9-12-20)25(31)23-24(19-10-13-21(30)22(17-19)34-4)29(27(33)26(23)32)15-7-14-28(2)3/h8-13,17,24,30-31H,5-7,14-16H2,1-4H3/b25-23+. The topological polar surface area (TPSA) is 99.5 Å². The zero-order chi connectivity index (χ0) is 25.5. The number of hydrogen-bond donors (Lipinski definition) is 2. The molecule has 1 amide bonds. The van der Waals surface area contributed by atoms with Gasteiger partial charge in [-0.3, -0.25) is 9.59 Å². The van der Waals surface area contributed by atoms with Crippen molar-refractivity contribution in [1.29, 1.82) is 0 Å². The van der Waals surface area contributed by atoms with E-state index in [1.807, 2.05) is 19.0 Å². The molecule has 1 heterocycles. The molecule has 8 nitrogen and oxygen atoms in total. The van der Waals surface area contributed by atoms with Crippen LogP contribution >= 0.6 is 0 Å². The van der Waals surface area contributed by atoms with E-state index in [0.717, 1.165) is 19.4 Å². The van der Waals surface area contributed by atoms with Gasteiger partial charge in [-0.25, -0.2) is 0 Å². The van der Waals surface area contributed by atoms with E-state index in [4.69, 9.17) is 9.47 Å². The number of amides is 1. The number of carbonyl (C=O) groups excluding carboxylic acids is 2. The first-order valence-electron chi connectivity index (χ1n) is 11.8. The van der Waals surface area contributed by atoms with Gasteiger partial charge in [0.1, 0.15) is 11.5 Å². The lowest BCUT2D eigenvalue weighted by Gasteiger charge is -2.26. The predicted molar refractivity (Wildman–Crippen MR) is 134 cm³/mol. The first kappa shape index (κ1) is 26.1. The number of ketones is 1. The van der Waals surface area contributed by atoms with Crippen molar-refractivity contribution in [2.45, 2.75) is 32.2 Å². The number of carbonyl (C=O) groups is 2. The van der Waals surface area contributed by atoms with E-state index >= 15 is 0 Å². The monoisotopic (exact) mass is 482 g/mol. The molecule has 0 aliphatic carbocycles. The van der Waals surface area contributed by atoms with Crippen LogP contribution < -0.4 is 9.47 Å². The first-order chi connectivity index (χ1) is 16.8. The van der Waals surface area contributed by atoms with Crippen LogP contribution in [-0.2, 0) is 9.59 Å². The fourth-order valence-corrected chi connectivity index (χ4v) is 4.08. The number of Topliss-reactive ketones (excluding diaryl/α,β-unsaturated/α-hetero) is 1. The number of hydrogen-bond acceptors (Lipinski definition) is 7. The van der Waals surface area contributed by atoms with Gasteiger partial charge in [-0.2, -0.15) is 0 Å². The van der Waals surface area contributed by atoms with E-state index in [1.165, 1.54) is 18.1 Å². The number of aliphatic hydroxyl groups is 1. The Labute approximate surface area is 206 Å². The fraction of sp³-hybridized carbons (Fsp3) is 0.407. The number of phenols is 1. The summed E-state index contributed by atoms with van der Waals surface area (Å²) in [5.41, 5.74) is 0.979. The molecule has 1 atom stereocenters. The van der Waals surface area contributed by atoms with Crippen molar-refractivity contribution in [2.24, 2.45) is 0 Å². The largest absolute Gasteiger partial charge is 0.507 e. The van der Waals surface area contributed by atoms with E-state index in [2.05, 4.69) is 6.92 Å². The molecule has 0 bridgehead atoms. The number of rotatable bonds is 11. The molecule has 0 radical (unpaired) electrons. The average molecular weight is 483 g/mol. The van der Waals surface area contributed by atoms with E-state index in [9.17, 15) is 19.8 Å². The molecular formula is C27H34N2O6. The third-order valence-corrected chi connectivity index (χ3v) is 5.96. The molecule has 1 saturated heterocycles. The van der Waals surface area contributed by atoms with Crippen LogP contribution in [0.4, 0.5) is 0 Å². The maximum absolute atomic E-state index is 13.1. The van der Waals surface area contributed by atoms with Gasteiger partial charge in [0.2, 0.25) is 0 Å². The van der Waals surface area contributed by atoms with Crippen molar-refractivity contribution < 1.29 is 29.3 Å². The highest BCUT2D eigenvalue weighted by Gasteiger charge is 2.46. The number of methoxy groups -OCH3 is 1. The number of aliphatic hydroxyl groups excluding tert-OH is 1. The SMILES string of the molecule is CCCCOc1ccc(/C(O)=C2\C(=O)C(=O)N(CCCN(C)C)C2c2ccc(O)c(OC)c2)cc1. The van der Waals surface area contributed by atoms with Crippen molar-refractivity contribution >= 4 is 17.4 Å². The number of nitrogens with zero attached hydrogens (tertiary/aromatic N) is 2. The normalized spacial score (nSPS) is 17.3. The Morgan fingerprint density at radius 2 is 1.80 bits per heavy atom. The number of phenolic OH excluding ortho intramolecular Hbond substituents is 1. The maximum Gasteiger partial charge on any atom is 0.295 e. The second-order valence-electron chi connectivity index (χ2n) is 8.81. The third kappa shape index (κ3) is 5.95. The highest BCUT2D eigenvalue weighted by atomic mass is 16.5. The van der Waals surface area contributed by atoms with Gasteiger partial charge in [0.15, 0.2) is 11.5 Å². The Morgan fingerprint density at radius 1 is 1.09 bits per heavy atom. The molecule has 2 N–H and O–H groups in total. The molecule has 0 aromatic heterocycles. The lowest BCUT2D eigenvalue weighted by molar-refractivity contribution is -0.139. The highest BCUT2D eigenvalue weighted by molar-refractivity contribution is 6.46. The molecule has 2 aromatic carbocycles. The molecule has 1 fully saturated rings. The van der Waals surface area contributed by atoms with E-state index in [1.54, 1.807) is 36.4 Å². The Morgan fingerprint density at radius 3 is 2.43 bits per heavy atom. The summed E-state index contributed by atoms with van der Waals surface area (Å²) >= 11 is 0. The molecule has 0 spiro atoms.